The molecule has 1 fully saturated rings. The van der Waals surface area contributed by atoms with Crippen LogP contribution in [-0.2, 0) is 9.53 Å². The Hall–Kier alpha value is -2.04. The number of nitriles is 1. The largest absolute Gasteiger partial charge is 0.372 e. The third-order valence-corrected chi connectivity index (χ3v) is 4.13. The average Bonchev–Trinajstić information content (AvgIpc) is 3.02. The number of halogens is 2. The number of nitrogens with zero attached hydrogens (tertiary/aromatic N) is 2. The number of carbonyl (C=O) groups excluding carboxylic acids is 1. The molecule has 0 aliphatic carbocycles. The van der Waals surface area contributed by atoms with Gasteiger partial charge in [-0.2, -0.15) is 5.26 Å². The Morgan fingerprint density at radius 2 is 2.25 bits per heavy atom. The number of rotatable bonds is 6. The van der Waals surface area contributed by atoms with E-state index in [1.807, 2.05) is 6.07 Å². The fourth-order valence-electron chi connectivity index (χ4n) is 2.83. The molecule has 3 atom stereocenters. The molecule has 0 radical (unpaired) electrons. The molecule has 0 aromatic heterocycles. The highest BCUT2D eigenvalue weighted by atomic mass is 19.2. The van der Waals surface area contributed by atoms with Crippen molar-refractivity contribution >= 4 is 5.91 Å². The summed E-state index contributed by atoms with van der Waals surface area (Å²) in [5.41, 5.74) is 0.543. The maximum atomic E-state index is 13.4. The average molecular weight is 337 g/mol. The lowest BCUT2D eigenvalue weighted by molar-refractivity contribution is -0.132. The van der Waals surface area contributed by atoms with Gasteiger partial charge in [0.2, 0.25) is 5.91 Å². The van der Waals surface area contributed by atoms with Crippen LogP contribution in [0.15, 0.2) is 18.2 Å². The highest BCUT2D eigenvalue weighted by Gasteiger charge is 2.32. The van der Waals surface area contributed by atoms with Crippen molar-refractivity contribution in [1.82, 2.24) is 10.2 Å². The molecular formula is C17H21F2N3O2. The van der Waals surface area contributed by atoms with Crippen LogP contribution in [0.3, 0.4) is 0 Å². The predicted octanol–water partition coefficient (Wildman–Crippen LogP) is 2.14. The van der Waals surface area contributed by atoms with Crippen LogP contribution in [0, 0.1) is 23.0 Å². The lowest BCUT2D eigenvalue weighted by Gasteiger charge is -2.26. The van der Waals surface area contributed by atoms with Crippen LogP contribution < -0.4 is 5.32 Å². The summed E-state index contributed by atoms with van der Waals surface area (Å²) in [6.45, 7) is 2.59. The van der Waals surface area contributed by atoms with Gasteiger partial charge in [-0.1, -0.05) is 6.07 Å². The SMILES string of the molecule is CC(N[C@@H]1CCO[C@H]1c1ccc(F)c(F)c1)C(=O)N(C)CCC#N. The van der Waals surface area contributed by atoms with E-state index >= 15 is 0 Å². The van der Waals surface area contributed by atoms with Gasteiger partial charge in [0, 0.05) is 26.2 Å². The number of likely N-dealkylation sites (N-methyl/N-ethyl adjacent to an activating group) is 1. The van der Waals surface area contributed by atoms with Crippen molar-refractivity contribution < 1.29 is 18.3 Å². The van der Waals surface area contributed by atoms with Crippen LogP contribution >= 0.6 is 0 Å². The Morgan fingerprint density at radius 1 is 1.50 bits per heavy atom. The molecule has 1 unspecified atom stereocenters. The van der Waals surface area contributed by atoms with Crippen LogP contribution in [0.4, 0.5) is 8.78 Å². The fourth-order valence-corrected chi connectivity index (χ4v) is 2.83. The third kappa shape index (κ3) is 4.28. The van der Waals surface area contributed by atoms with Crippen LogP contribution in [0.1, 0.15) is 31.4 Å². The van der Waals surface area contributed by atoms with E-state index in [4.69, 9.17) is 10.00 Å². The molecule has 5 nitrogen and oxygen atoms in total. The van der Waals surface area contributed by atoms with Crippen LogP contribution in [-0.4, -0.2) is 43.1 Å². The van der Waals surface area contributed by atoms with Gasteiger partial charge in [-0.05, 0) is 31.0 Å². The maximum Gasteiger partial charge on any atom is 0.239 e. The van der Waals surface area contributed by atoms with Crippen LogP contribution in [0.25, 0.3) is 0 Å². The molecule has 1 saturated heterocycles. The minimum absolute atomic E-state index is 0.124. The second-order valence-corrected chi connectivity index (χ2v) is 5.92. The molecule has 1 heterocycles. The van der Waals surface area contributed by atoms with Gasteiger partial charge >= 0.3 is 0 Å². The summed E-state index contributed by atoms with van der Waals surface area (Å²) >= 11 is 0. The van der Waals surface area contributed by atoms with Crippen LogP contribution in [0.2, 0.25) is 0 Å². The van der Waals surface area contributed by atoms with Crippen molar-refractivity contribution in [3.05, 3.63) is 35.4 Å². The summed E-state index contributed by atoms with van der Waals surface area (Å²) < 4.78 is 32.2. The van der Waals surface area contributed by atoms with E-state index in [2.05, 4.69) is 5.32 Å². The molecule has 1 N–H and O–H groups in total. The van der Waals surface area contributed by atoms with E-state index in [0.29, 0.717) is 25.1 Å². The fraction of sp³-hybridized carbons (Fsp3) is 0.529. The van der Waals surface area contributed by atoms with Gasteiger partial charge in [-0.15, -0.1) is 0 Å². The summed E-state index contributed by atoms with van der Waals surface area (Å²) in [7, 11) is 1.65. The molecule has 1 aromatic rings. The Morgan fingerprint density at radius 3 is 2.92 bits per heavy atom. The second kappa shape index (κ2) is 8.18. The van der Waals surface area contributed by atoms with Crippen molar-refractivity contribution in [1.29, 1.82) is 5.26 Å². The van der Waals surface area contributed by atoms with Gasteiger partial charge < -0.3 is 15.0 Å². The number of ether oxygens (including phenoxy) is 1. The summed E-state index contributed by atoms with van der Waals surface area (Å²) in [4.78, 5) is 13.8. The molecule has 130 valence electrons. The summed E-state index contributed by atoms with van der Waals surface area (Å²) in [6.07, 6.45) is 0.516. The standard InChI is InChI=1S/C17H21F2N3O2/c1-11(17(23)22(2)8-3-7-20)21-15-6-9-24-16(15)12-4-5-13(18)14(19)10-12/h4-5,10-11,15-16,21H,3,6,8-9H2,1-2H3/t11?,15-,16+/m1/s1. The summed E-state index contributed by atoms with van der Waals surface area (Å²) in [5.74, 6) is -1.94. The van der Waals surface area contributed by atoms with Crippen molar-refractivity contribution in [2.24, 2.45) is 0 Å². The Balaban J connectivity index is 2.01. The number of amides is 1. The first-order valence-electron chi connectivity index (χ1n) is 7.88. The third-order valence-electron chi connectivity index (χ3n) is 4.13. The van der Waals surface area contributed by atoms with Crippen molar-refractivity contribution in [2.75, 3.05) is 20.2 Å². The van der Waals surface area contributed by atoms with Gasteiger partial charge in [0.15, 0.2) is 11.6 Å². The van der Waals surface area contributed by atoms with Crippen molar-refractivity contribution in [2.45, 2.75) is 38.0 Å². The Bertz CT molecular complexity index is 633. The molecule has 0 bridgehead atoms. The molecule has 1 aliphatic heterocycles. The first-order valence-corrected chi connectivity index (χ1v) is 7.88. The zero-order valence-corrected chi connectivity index (χ0v) is 13.8. The van der Waals surface area contributed by atoms with Crippen molar-refractivity contribution in [3.63, 3.8) is 0 Å². The number of hydrogen-bond donors (Lipinski definition) is 1. The van der Waals surface area contributed by atoms with E-state index in [1.54, 1.807) is 14.0 Å². The van der Waals surface area contributed by atoms with E-state index in [1.165, 1.54) is 11.0 Å². The quantitative estimate of drug-likeness (QED) is 0.864. The van der Waals surface area contributed by atoms with Gasteiger partial charge in [0.05, 0.1) is 24.6 Å². The molecule has 24 heavy (non-hydrogen) atoms. The first kappa shape index (κ1) is 18.3. The van der Waals surface area contributed by atoms with Gasteiger partial charge in [0.25, 0.3) is 0 Å². The Kier molecular flexibility index (Phi) is 6.23. The van der Waals surface area contributed by atoms with Gasteiger partial charge in [0.1, 0.15) is 0 Å². The van der Waals surface area contributed by atoms with E-state index in [-0.39, 0.29) is 18.4 Å². The maximum absolute atomic E-state index is 13.4. The Labute approximate surface area is 140 Å². The molecule has 1 amide bonds. The summed E-state index contributed by atoms with van der Waals surface area (Å²) in [5, 5.41) is 11.8. The number of nitrogens with one attached hydrogen (secondary N) is 1. The molecule has 0 spiro atoms. The monoisotopic (exact) mass is 337 g/mol. The molecule has 7 heteroatoms. The molecular weight excluding hydrogens is 316 g/mol. The molecule has 2 rings (SSSR count). The highest BCUT2D eigenvalue weighted by Crippen LogP contribution is 2.30. The van der Waals surface area contributed by atoms with E-state index in [0.717, 1.165) is 12.1 Å². The summed E-state index contributed by atoms with van der Waals surface area (Å²) in [6, 6.07) is 5.07. The molecule has 1 aromatic carbocycles. The second-order valence-electron chi connectivity index (χ2n) is 5.92. The number of carbonyl (C=O) groups is 1. The van der Waals surface area contributed by atoms with Gasteiger partial charge in [-0.3, -0.25) is 4.79 Å². The highest BCUT2D eigenvalue weighted by molar-refractivity contribution is 5.81. The number of hydrogen-bond acceptors (Lipinski definition) is 4. The van der Waals surface area contributed by atoms with Gasteiger partial charge in [-0.25, -0.2) is 8.78 Å². The normalized spacial score (nSPS) is 21.3. The number of benzene rings is 1. The topological polar surface area (TPSA) is 65.4 Å². The van der Waals surface area contributed by atoms with E-state index < -0.39 is 23.8 Å². The predicted molar refractivity (Wildman–Crippen MR) is 83.9 cm³/mol. The zero-order chi connectivity index (χ0) is 17.7. The lowest BCUT2D eigenvalue weighted by Crippen LogP contribution is -2.48. The minimum Gasteiger partial charge on any atom is -0.372 e. The van der Waals surface area contributed by atoms with E-state index in [9.17, 15) is 13.6 Å². The van der Waals surface area contributed by atoms with Crippen molar-refractivity contribution in [3.8, 4) is 6.07 Å². The zero-order valence-electron chi connectivity index (χ0n) is 13.8. The molecule has 0 saturated carbocycles. The smallest absolute Gasteiger partial charge is 0.239 e. The lowest BCUT2D eigenvalue weighted by atomic mass is 10.0. The minimum atomic E-state index is -0.915. The molecule has 1 aliphatic rings. The van der Waals surface area contributed by atoms with Crippen LogP contribution in [0.5, 0.6) is 0 Å². The first-order chi connectivity index (χ1) is 11.4.